The van der Waals surface area contributed by atoms with Gasteiger partial charge in [-0.2, -0.15) is 0 Å². The highest BCUT2D eigenvalue weighted by Crippen LogP contribution is 2.30. The van der Waals surface area contributed by atoms with Crippen LogP contribution in [0.3, 0.4) is 0 Å². The van der Waals surface area contributed by atoms with Gasteiger partial charge in [0.25, 0.3) is 0 Å². The smallest absolute Gasteiger partial charge is 0.123 e. The van der Waals surface area contributed by atoms with E-state index in [1.807, 2.05) is 0 Å². The summed E-state index contributed by atoms with van der Waals surface area (Å²) < 4.78 is 18.0. The standard InChI is InChI=1S/C10H12FNOS/c11-8-1-2-10(7(3-8)4-12)14-9-5-13-6-9/h1-3,9H,4-6,12H2. The van der Waals surface area contributed by atoms with Gasteiger partial charge in [0, 0.05) is 11.4 Å². The van der Waals surface area contributed by atoms with Crippen LogP contribution in [0.2, 0.25) is 0 Å². The van der Waals surface area contributed by atoms with Gasteiger partial charge in [0.1, 0.15) is 5.82 Å². The SMILES string of the molecule is NCc1cc(F)ccc1SC1COC1. The molecule has 1 aromatic carbocycles. The Morgan fingerprint density at radius 1 is 1.50 bits per heavy atom. The molecule has 4 heteroatoms. The van der Waals surface area contributed by atoms with Gasteiger partial charge in [0.2, 0.25) is 0 Å². The Balaban J connectivity index is 2.14. The normalized spacial score (nSPS) is 16.7. The zero-order chi connectivity index (χ0) is 9.97. The number of hydrogen-bond acceptors (Lipinski definition) is 3. The summed E-state index contributed by atoms with van der Waals surface area (Å²) >= 11 is 1.72. The summed E-state index contributed by atoms with van der Waals surface area (Å²) in [5.74, 6) is -0.223. The molecule has 2 N–H and O–H groups in total. The van der Waals surface area contributed by atoms with E-state index in [1.54, 1.807) is 17.8 Å². The van der Waals surface area contributed by atoms with Gasteiger partial charge in [-0.3, -0.25) is 0 Å². The van der Waals surface area contributed by atoms with Crippen LogP contribution in [0.1, 0.15) is 5.56 Å². The second kappa shape index (κ2) is 4.29. The Hall–Kier alpha value is -0.580. The maximum absolute atomic E-state index is 12.9. The fourth-order valence-corrected chi connectivity index (χ4v) is 2.41. The number of thioether (sulfide) groups is 1. The van der Waals surface area contributed by atoms with E-state index in [1.165, 1.54) is 12.1 Å². The molecule has 76 valence electrons. The third-order valence-electron chi connectivity index (χ3n) is 2.14. The minimum atomic E-state index is -0.223. The van der Waals surface area contributed by atoms with Crippen LogP contribution in [-0.2, 0) is 11.3 Å². The first-order chi connectivity index (χ1) is 6.79. The Labute approximate surface area is 86.6 Å². The highest BCUT2D eigenvalue weighted by atomic mass is 32.2. The number of halogens is 1. The van der Waals surface area contributed by atoms with Crippen molar-refractivity contribution >= 4 is 11.8 Å². The molecule has 0 atom stereocenters. The number of ether oxygens (including phenoxy) is 1. The van der Waals surface area contributed by atoms with Crippen molar-refractivity contribution in [3.8, 4) is 0 Å². The van der Waals surface area contributed by atoms with Crippen molar-refractivity contribution in [2.75, 3.05) is 13.2 Å². The largest absolute Gasteiger partial charge is 0.379 e. The monoisotopic (exact) mass is 213 g/mol. The lowest BCUT2D eigenvalue weighted by atomic mass is 10.2. The van der Waals surface area contributed by atoms with Crippen LogP contribution in [0.15, 0.2) is 23.1 Å². The van der Waals surface area contributed by atoms with E-state index in [9.17, 15) is 4.39 Å². The van der Waals surface area contributed by atoms with Gasteiger partial charge in [-0.1, -0.05) is 0 Å². The van der Waals surface area contributed by atoms with Gasteiger partial charge < -0.3 is 10.5 Å². The van der Waals surface area contributed by atoms with Gasteiger partial charge >= 0.3 is 0 Å². The first kappa shape index (κ1) is 9.96. The van der Waals surface area contributed by atoms with Crippen LogP contribution in [0, 0.1) is 5.82 Å². The molecular weight excluding hydrogens is 201 g/mol. The maximum Gasteiger partial charge on any atom is 0.123 e. The van der Waals surface area contributed by atoms with E-state index in [0.29, 0.717) is 11.8 Å². The molecule has 0 bridgehead atoms. The molecular formula is C10H12FNOS. The molecule has 1 aliphatic heterocycles. The predicted octanol–water partition coefficient (Wildman–Crippen LogP) is 1.78. The third-order valence-corrected chi connectivity index (χ3v) is 3.40. The highest BCUT2D eigenvalue weighted by molar-refractivity contribution is 8.00. The second-order valence-electron chi connectivity index (χ2n) is 3.23. The van der Waals surface area contributed by atoms with E-state index >= 15 is 0 Å². The van der Waals surface area contributed by atoms with E-state index < -0.39 is 0 Å². The number of nitrogens with two attached hydrogens (primary N) is 1. The van der Waals surface area contributed by atoms with Crippen molar-refractivity contribution in [2.45, 2.75) is 16.7 Å². The number of rotatable bonds is 3. The number of benzene rings is 1. The fraction of sp³-hybridized carbons (Fsp3) is 0.400. The van der Waals surface area contributed by atoms with Crippen LogP contribution in [0.4, 0.5) is 4.39 Å². The van der Waals surface area contributed by atoms with Crippen molar-refractivity contribution < 1.29 is 9.13 Å². The Morgan fingerprint density at radius 3 is 2.86 bits per heavy atom. The summed E-state index contributed by atoms with van der Waals surface area (Å²) in [7, 11) is 0. The third kappa shape index (κ3) is 2.08. The Bertz CT molecular complexity index is 328. The molecule has 1 aliphatic rings. The van der Waals surface area contributed by atoms with Gasteiger partial charge in [0.15, 0.2) is 0 Å². The van der Waals surface area contributed by atoms with Crippen molar-refractivity contribution in [1.29, 1.82) is 0 Å². The van der Waals surface area contributed by atoms with E-state index in [-0.39, 0.29) is 5.82 Å². The molecule has 0 saturated carbocycles. The summed E-state index contributed by atoms with van der Waals surface area (Å²) in [4.78, 5) is 1.07. The van der Waals surface area contributed by atoms with Crippen molar-refractivity contribution in [3.05, 3.63) is 29.6 Å². The zero-order valence-corrected chi connectivity index (χ0v) is 8.52. The predicted molar refractivity (Wildman–Crippen MR) is 54.8 cm³/mol. The van der Waals surface area contributed by atoms with Crippen molar-refractivity contribution in [3.63, 3.8) is 0 Å². The molecule has 1 fully saturated rings. The van der Waals surface area contributed by atoms with Gasteiger partial charge in [-0.05, 0) is 23.8 Å². The average molecular weight is 213 g/mol. The first-order valence-electron chi connectivity index (χ1n) is 4.52. The van der Waals surface area contributed by atoms with Crippen LogP contribution in [0.25, 0.3) is 0 Å². The van der Waals surface area contributed by atoms with E-state index in [4.69, 9.17) is 10.5 Å². The summed E-state index contributed by atoms with van der Waals surface area (Å²) in [5, 5.41) is 0.505. The average Bonchev–Trinajstić information content (AvgIpc) is 2.13. The van der Waals surface area contributed by atoms with Crippen LogP contribution in [-0.4, -0.2) is 18.5 Å². The molecule has 2 nitrogen and oxygen atoms in total. The van der Waals surface area contributed by atoms with Crippen molar-refractivity contribution in [2.24, 2.45) is 5.73 Å². The molecule has 0 radical (unpaired) electrons. The second-order valence-corrected chi connectivity index (χ2v) is 4.58. The van der Waals surface area contributed by atoms with Crippen LogP contribution < -0.4 is 5.73 Å². The van der Waals surface area contributed by atoms with E-state index in [0.717, 1.165) is 23.7 Å². The molecule has 0 amide bonds. The van der Waals surface area contributed by atoms with Gasteiger partial charge in [-0.15, -0.1) is 11.8 Å². The van der Waals surface area contributed by atoms with Crippen LogP contribution in [0.5, 0.6) is 0 Å². The molecule has 0 aliphatic carbocycles. The lowest BCUT2D eigenvalue weighted by Crippen LogP contribution is -2.30. The molecule has 0 spiro atoms. The fourth-order valence-electron chi connectivity index (χ4n) is 1.28. The van der Waals surface area contributed by atoms with Gasteiger partial charge in [-0.25, -0.2) is 4.39 Å². The molecule has 1 aromatic rings. The molecule has 1 saturated heterocycles. The zero-order valence-electron chi connectivity index (χ0n) is 7.70. The highest BCUT2D eigenvalue weighted by Gasteiger charge is 2.20. The lowest BCUT2D eigenvalue weighted by Gasteiger charge is -2.25. The van der Waals surface area contributed by atoms with Crippen LogP contribution >= 0.6 is 11.8 Å². The summed E-state index contributed by atoms with van der Waals surface area (Å²) in [6.07, 6.45) is 0. The molecule has 0 unspecified atom stereocenters. The minimum absolute atomic E-state index is 0.223. The number of hydrogen-bond donors (Lipinski definition) is 1. The molecule has 2 rings (SSSR count). The topological polar surface area (TPSA) is 35.2 Å². The maximum atomic E-state index is 12.9. The Kier molecular flexibility index (Phi) is 3.05. The van der Waals surface area contributed by atoms with Gasteiger partial charge in [0.05, 0.1) is 18.5 Å². The summed E-state index contributed by atoms with van der Waals surface area (Å²) in [6.45, 7) is 1.95. The molecule has 1 heterocycles. The summed E-state index contributed by atoms with van der Waals surface area (Å²) in [6, 6.07) is 4.77. The molecule has 0 aromatic heterocycles. The van der Waals surface area contributed by atoms with Crippen molar-refractivity contribution in [1.82, 2.24) is 0 Å². The summed E-state index contributed by atoms with van der Waals surface area (Å²) in [5.41, 5.74) is 6.42. The first-order valence-corrected chi connectivity index (χ1v) is 5.40. The quantitative estimate of drug-likeness (QED) is 0.831. The Morgan fingerprint density at radius 2 is 2.29 bits per heavy atom. The molecule has 14 heavy (non-hydrogen) atoms. The minimum Gasteiger partial charge on any atom is -0.379 e. The lowest BCUT2D eigenvalue weighted by molar-refractivity contribution is 0.0455. The van der Waals surface area contributed by atoms with E-state index in [2.05, 4.69) is 0 Å².